The molecule has 1 aliphatic carbocycles. The van der Waals surface area contributed by atoms with Crippen molar-refractivity contribution >= 4 is 64.2 Å². The first-order valence-electron chi connectivity index (χ1n) is 22.2. The summed E-state index contributed by atoms with van der Waals surface area (Å²) in [5.41, 5.74) is 2.47. The van der Waals surface area contributed by atoms with E-state index in [0.717, 1.165) is 34.7 Å². The highest BCUT2D eigenvalue weighted by molar-refractivity contribution is 8.00. The number of benzene rings is 2. The Labute approximate surface area is 395 Å². The fourth-order valence-corrected chi connectivity index (χ4v) is 10.1. The highest BCUT2D eigenvalue weighted by Crippen LogP contribution is 2.41. The molecule has 4 N–H and O–H groups in total. The van der Waals surface area contributed by atoms with E-state index in [-0.39, 0.29) is 42.9 Å². The molecule has 0 spiro atoms. The maximum atomic E-state index is 15.1. The molecular formula is C46H56F4N10O5S2. The number of carbonyl (C=O) groups excluding carboxylic acids is 4. The summed E-state index contributed by atoms with van der Waals surface area (Å²) in [6.07, 6.45) is -1.90. The molecule has 3 aliphatic rings. The second kappa shape index (κ2) is 20.8. The van der Waals surface area contributed by atoms with Crippen LogP contribution in [0.3, 0.4) is 0 Å². The molecule has 2 aromatic carbocycles. The summed E-state index contributed by atoms with van der Waals surface area (Å²) >= 11 is 3.08. The second-order valence-electron chi connectivity index (χ2n) is 17.4. The van der Waals surface area contributed by atoms with Gasteiger partial charge in [-0.25, -0.2) is 14.4 Å². The number of carbonyl (C=O) groups is 4. The number of likely N-dealkylation sites (tertiary alicyclic amines) is 1. The van der Waals surface area contributed by atoms with Gasteiger partial charge in [0, 0.05) is 62.8 Å². The van der Waals surface area contributed by atoms with Gasteiger partial charge < -0.3 is 35.8 Å². The van der Waals surface area contributed by atoms with E-state index in [1.54, 1.807) is 34.4 Å². The van der Waals surface area contributed by atoms with E-state index in [9.17, 15) is 32.3 Å². The first-order chi connectivity index (χ1) is 31.9. The zero-order chi connectivity index (χ0) is 48.1. The summed E-state index contributed by atoms with van der Waals surface area (Å²) in [5, 5.41) is 11.1. The molecule has 0 unspecified atom stereocenters. The Morgan fingerprint density at radius 1 is 1.01 bits per heavy atom. The Balaban J connectivity index is 0.898. The highest BCUT2D eigenvalue weighted by Gasteiger charge is 2.53. The Morgan fingerprint density at radius 3 is 2.39 bits per heavy atom. The normalized spacial score (nSPS) is 17.7. The molecule has 2 aromatic heterocycles. The molecule has 21 heteroatoms. The van der Waals surface area contributed by atoms with Crippen LogP contribution in [0, 0.1) is 6.92 Å². The van der Waals surface area contributed by atoms with E-state index in [1.165, 1.54) is 30.8 Å². The molecule has 67 heavy (non-hydrogen) atoms. The Kier molecular flexibility index (Phi) is 15.3. The summed E-state index contributed by atoms with van der Waals surface area (Å²) in [5.74, 6) is -1.26. The van der Waals surface area contributed by atoms with Gasteiger partial charge in [-0.3, -0.25) is 24.1 Å². The standard InChI is InChI=1S/C46H56F4N10O5S2/c1-28-36(66-27-54-28)30-11-9-29(10-12-30)25-52-39(61)34-8-6-18-60(34)41(63)37(56-42(64)45(47)15-16-45)44(2,3)67-23-7-17-58-19-21-59(22-20-58)40(62)31-13-14-33(35(24-31)65-5)55-43-53-26-32(46(48,49)50)38(51-4)57-43/h9-14,24,26-27,34,37H,6-8,15-23,25H2,1-5H3,(H,52,61)(H,56,64)(H2,51,53,55,57)/t34-,37+/m0/s1. The number of alkyl halides is 4. The fourth-order valence-electron chi connectivity index (χ4n) is 8.21. The van der Waals surface area contributed by atoms with Crippen LogP contribution in [0.15, 0.2) is 54.2 Å². The molecule has 7 rings (SSSR count). The van der Waals surface area contributed by atoms with Crippen molar-refractivity contribution in [3.05, 3.63) is 76.6 Å². The molecule has 0 radical (unpaired) electrons. The summed E-state index contributed by atoms with van der Waals surface area (Å²) in [7, 11) is 2.75. The van der Waals surface area contributed by atoms with Gasteiger partial charge in [-0.2, -0.15) is 29.9 Å². The lowest BCUT2D eigenvalue weighted by Gasteiger charge is -2.38. The van der Waals surface area contributed by atoms with Crippen LogP contribution in [-0.2, 0) is 27.1 Å². The molecule has 1 saturated carbocycles. The van der Waals surface area contributed by atoms with Crippen molar-refractivity contribution in [2.45, 2.75) is 88.1 Å². The first-order valence-corrected chi connectivity index (χ1v) is 24.1. The number of thioether (sulfide) groups is 1. The lowest BCUT2D eigenvalue weighted by atomic mass is 10.00. The minimum absolute atomic E-state index is 0.0922. The lowest BCUT2D eigenvalue weighted by Crippen LogP contribution is -2.61. The molecule has 2 saturated heterocycles. The number of amides is 4. The smallest absolute Gasteiger partial charge is 0.421 e. The van der Waals surface area contributed by atoms with E-state index in [4.69, 9.17) is 4.74 Å². The fraction of sp³-hybridized carbons (Fsp3) is 0.500. The van der Waals surface area contributed by atoms with Gasteiger partial charge in [0.2, 0.25) is 17.8 Å². The monoisotopic (exact) mass is 968 g/mol. The van der Waals surface area contributed by atoms with Crippen molar-refractivity contribution in [2.75, 3.05) is 69.8 Å². The lowest BCUT2D eigenvalue weighted by molar-refractivity contribution is -0.143. The van der Waals surface area contributed by atoms with Gasteiger partial charge in [-0.1, -0.05) is 24.3 Å². The minimum Gasteiger partial charge on any atom is -0.495 e. The average molecular weight is 969 g/mol. The number of nitrogens with one attached hydrogen (secondary N) is 4. The van der Waals surface area contributed by atoms with Crippen LogP contribution in [0.5, 0.6) is 5.75 Å². The highest BCUT2D eigenvalue weighted by atomic mass is 32.2. The van der Waals surface area contributed by atoms with Crippen LogP contribution >= 0.6 is 23.1 Å². The second-order valence-corrected chi connectivity index (χ2v) is 20.0. The maximum absolute atomic E-state index is 15.1. The van der Waals surface area contributed by atoms with Crippen LogP contribution < -0.4 is 26.0 Å². The third kappa shape index (κ3) is 11.8. The van der Waals surface area contributed by atoms with Crippen molar-refractivity contribution in [3.8, 4) is 16.2 Å². The molecule has 2 aliphatic heterocycles. The number of nitrogens with zero attached hydrogens (tertiary/aromatic N) is 6. The van der Waals surface area contributed by atoms with E-state index >= 15 is 4.39 Å². The number of halogens is 4. The van der Waals surface area contributed by atoms with Crippen LogP contribution in [0.2, 0.25) is 0 Å². The SMILES string of the molecule is CNc1nc(Nc2ccc(C(=O)N3CCN(CCCSC(C)(C)[C@H](NC(=O)C4(F)CC4)C(=O)N4CCC[C@H]4C(=O)NCc4ccc(-c5scnc5C)cc4)CC3)cc2OC)ncc1C(F)(F)F. The Hall–Kier alpha value is -5.54. The predicted molar refractivity (Wildman–Crippen MR) is 250 cm³/mol. The molecule has 4 aromatic rings. The predicted octanol–water partition coefficient (Wildman–Crippen LogP) is 6.68. The molecule has 15 nitrogen and oxygen atoms in total. The molecule has 4 heterocycles. The third-order valence-corrected chi connectivity index (χ3v) is 14.8. The average Bonchev–Trinajstić information content (AvgIpc) is 3.64. The van der Waals surface area contributed by atoms with Gasteiger partial charge in [-0.15, -0.1) is 11.3 Å². The minimum atomic E-state index is -4.63. The molecule has 4 amide bonds. The molecule has 3 fully saturated rings. The van der Waals surface area contributed by atoms with Crippen molar-refractivity contribution in [1.29, 1.82) is 0 Å². The van der Waals surface area contributed by atoms with Crippen molar-refractivity contribution in [3.63, 3.8) is 0 Å². The number of piperazine rings is 1. The number of hydrogen-bond acceptors (Lipinski definition) is 13. The van der Waals surface area contributed by atoms with Crippen LogP contribution in [-0.4, -0.2) is 135 Å². The van der Waals surface area contributed by atoms with Gasteiger partial charge in [0.1, 0.15) is 29.2 Å². The quantitative estimate of drug-likeness (QED) is 0.0617. The Morgan fingerprint density at radius 2 is 1.75 bits per heavy atom. The van der Waals surface area contributed by atoms with Gasteiger partial charge in [0.05, 0.1) is 28.9 Å². The summed E-state index contributed by atoms with van der Waals surface area (Å²) in [6.45, 7) is 9.25. The van der Waals surface area contributed by atoms with Gasteiger partial charge in [0.25, 0.3) is 11.8 Å². The van der Waals surface area contributed by atoms with Gasteiger partial charge >= 0.3 is 6.18 Å². The number of aryl methyl sites for hydroxylation is 1. The van der Waals surface area contributed by atoms with E-state index < -0.39 is 51.9 Å². The number of hydrogen-bond donors (Lipinski definition) is 4. The topological polar surface area (TPSA) is 174 Å². The van der Waals surface area contributed by atoms with E-state index in [0.29, 0.717) is 68.8 Å². The number of anilines is 3. The van der Waals surface area contributed by atoms with Gasteiger partial charge in [-0.05, 0) is 94.5 Å². The van der Waals surface area contributed by atoms with Crippen LogP contribution in [0.1, 0.15) is 73.1 Å². The van der Waals surface area contributed by atoms with Crippen molar-refractivity contribution in [2.24, 2.45) is 0 Å². The largest absolute Gasteiger partial charge is 0.495 e. The molecule has 0 bridgehead atoms. The van der Waals surface area contributed by atoms with Crippen molar-refractivity contribution in [1.82, 2.24) is 40.3 Å². The summed E-state index contributed by atoms with van der Waals surface area (Å²) < 4.78 is 59.7. The number of methoxy groups -OCH3 is 1. The zero-order valence-corrected chi connectivity index (χ0v) is 39.7. The Bertz CT molecular complexity index is 2430. The van der Waals surface area contributed by atoms with Crippen LogP contribution in [0.4, 0.5) is 35.0 Å². The number of thiazole rings is 1. The molecular weight excluding hydrogens is 913 g/mol. The third-order valence-electron chi connectivity index (χ3n) is 12.4. The first kappa shape index (κ1) is 49.4. The van der Waals surface area contributed by atoms with E-state index in [2.05, 4.69) is 41.1 Å². The summed E-state index contributed by atoms with van der Waals surface area (Å²) in [4.78, 5) is 73.4. The number of ether oxygens (including phenoxy) is 1. The maximum Gasteiger partial charge on any atom is 0.421 e. The van der Waals surface area contributed by atoms with Crippen LogP contribution in [0.25, 0.3) is 10.4 Å². The van der Waals surface area contributed by atoms with E-state index in [1.807, 2.05) is 50.5 Å². The van der Waals surface area contributed by atoms with Gasteiger partial charge in [0.15, 0.2) is 5.67 Å². The summed E-state index contributed by atoms with van der Waals surface area (Å²) in [6, 6.07) is 10.9. The molecule has 360 valence electrons. The zero-order valence-electron chi connectivity index (χ0n) is 38.1. The van der Waals surface area contributed by atoms with Crippen molar-refractivity contribution < 1.29 is 41.5 Å². The molecule has 2 atom stereocenters. The number of rotatable bonds is 18. The number of aromatic nitrogens is 3.